The van der Waals surface area contributed by atoms with Crippen LogP contribution >= 0.6 is 22.9 Å². The zero-order valence-electron chi connectivity index (χ0n) is 14.2. The van der Waals surface area contributed by atoms with E-state index in [2.05, 4.69) is 10.1 Å². The molecule has 3 aromatic rings. The van der Waals surface area contributed by atoms with Crippen molar-refractivity contribution < 1.29 is 19.1 Å². The molecule has 0 aliphatic carbocycles. The number of carbonyl (C=O) groups excluding carboxylic acids is 2. The van der Waals surface area contributed by atoms with Gasteiger partial charge in [0.05, 0.1) is 12.1 Å². The predicted octanol–water partition coefficient (Wildman–Crippen LogP) is 4.67. The van der Waals surface area contributed by atoms with Gasteiger partial charge in [-0.2, -0.15) is 0 Å². The highest BCUT2D eigenvalue weighted by molar-refractivity contribution is 7.21. The van der Waals surface area contributed by atoms with E-state index < -0.39 is 5.97 Å². The number of benzene rings is 2. The van der Waals surface area contributed by atoms with Crippen LogP contribution in [-0.2, 0) is 9.53 Å². The van der Waals surface area contributed by atoms with Crippen molar-refractivity contribution in [3.63, 3.8) is 0 Å². The fourth-order valence-corrected chi connectivity index (χ4v) is 3.82. The van der Waals surface area contributed by atoms with Gasteiger partial charge in [0.1, 0.15) is 10.6 Å². The minimum atomic E-state index is -0.459. The van der Waals surface area contributed by atoms with Crippen LogP contribution in [0.4, 0.5) is 5.69 Å². The molecule has 3 rings (SSSR count). The summed E-state index contributed by atoms with van der Waals surface area (Å²) in [5.41, 5.74) is 1.45. The molecule has 0 unspecified atom stereocenters. The molecule has 0 aliphatic heterocycles. The van der Waals surface area contributed by atoms with Gasteiger partial charge in [-0.15, -0.1) is 11.3 Å². The van der Waals surface area contributed by atoms with E-state index >= 15 is 0 Å². The summed E-state index contributed by atoms with van der Waals surface area (Å²) < 4.78 is 10.8. The Kier molecular flexibility index (Phi) is 5.44. The molecule has 7 heteroatoms. The average Bonchev–Trinajstić information content (AvgIpc) is 2.99. The highest BCUT2D eigenvalue weighted by Crippen LogP contribution is 2.35. The van der Waals surface area contributed by atoms with E-state index in [0.717, 1.165) is 15.6 Å². The van der Waals surface area contributed by atoms with Crippen molar-refractivity contribution in [2.24, 2.45) is 0 Å². The van der Waals surface area contributed by atoms with Gasteiger partial charge < -0.3 is 14.8 Å². The fourth-order valence-electron chi connectivity index (χ4n) is 2.41. The molecular weight excluding hydrogens is 374 g/mol. The average molecular weight is 390 g/mol. The SMILES string of the molecule is COC(=O)COc1ccc(NC(=O)c2sc3ccccc3c2Cl)c(C)c1. The molecule has 0 saturated carbocycles. The van der Waals surface area contributed by atoms with Gasteiger partial charge in [0.2, 0.25) is 0 Å². The van der Waals surface area contributed by atoms with Gasteiger partial charge in [0, 0.05) is 15.8 Å². The molecule has 0 saturated heterocycles. The van der Waals surface area contributed by atoms with Crippen LogP contribution in [0.5, 0.6) is 5.75 Å². The first-order valence-electron chi connectivity index (χ1n) is 7.78. The van der Waals surface area contributed by atoms with E-state index in [9.17, 15) is 9.59 Å². The molecular formula is C19H16ClNO4S. The summed E-state index contributed by atoms with van der Waals surface area (Å²) in [5, 5.41) is 4.20. The van der Waals surface area contributed by atoms with Crippen molar-refractivity contribution in [1.29, 1.82) is 0 Å². The molecule has 5 nitrogen and oxygen atoms in total. The zero-order valence-corrected chi connectivity index (χ0v) is 15.7. The summed E-state index contributed by atoms with van der Waals surface area (Å²) >= 11 is 7.71. The third kappa shape index (κ3) is 3.81. The first-order chi connectivity index (χ1) is 12.5. The number of hydrogen-bond acceptors (Lipinski definition) is 5. The monoisotopic (exact) mass is 389 g/mol. The lowest BCUT2D eigenvalue weighted by molar-refractivity contribution is -0.142. The number of hydrogen-bond donors (Lipinski definition) is 1. The van der Waals surface area contributed by atoms with Crippen molar-refractivity contribution in [2.45, 2.75) is 6.92 Å². The van der Waals surface area contributed by atoms with Gasteiger partial charge in [-0.1, -0.05) is 29.8 Å². The highest BCUT2D eigenvalue weighted by Gasteiger charge is 2.17. The Morgan fingerprint density at radius 1 is 1.19 bits per heavy atom. The Hall–Kier alpha value is -2.57. The van der Waals surface area contributed by atoms with Gasteiger partial charge in [0.15, 0.2) is 6.61 Å². The molecule has 26 heavy (non-hydrogen) atoms. The highest BCUT2D eigenvalue weighted by atomic mass is 35.5. The summed E-state index contributed by atoms with van der Waals surface area (Å²) in [4.78, 5) is 24.2. The molecule has 0 atom stereocenters. The van der Waals surface area contributed by atoms with Crippen molar-refractivity contribution >= 4 is 50.6 Å². The Bertz CT molecular complexity index is 983. The van der Waals surface area contributed by atoms with Crippen molar-refractivity contribution in [3.8, 4) is 5.75 Å². The molecule has 2 aromatic carbocycles. The first-order valence-corrected chi connectivity index (χ1v) is 8.97. The molecule has 134 valence electrons. The Morgan fingerprint density at radius 3 is 2.65 bits per heavy atom. The van der Waals surface area contributed by atoms with Crippen LogP contribution in [0.25, 0.3) is 10.1 Å². The van der Waals surface area contributed by atoms with Crippen LogP contribution in [0.2, 0.25) is 5.02 Å². The number of thiophene rings is 1. The second kappa shape index (κ2) is 7.76. The largest absolute Gasteiger partial charge is 0.482 e. The quantitative estimate of drug-likeness (QED) is 0.644. The second-order valence-electron chi connectivity index (χ2n) is 5.54. The van der Waals surface area contributed by atoms with Crippen molar-refractivity contribution in [3.05, 3.63) is 57.9 Å². The van der Waals surface area contributed by atoms with Crippen LogP contribution in [0.3, 0.4) is 0 Å². The minimum Gasteiger partial charge on any atom is -0.482 e. The number of nitrogens with one attached hydrogen (secondary N) is 1. The number of methoxy groups -OCH3 is 1. The van der Waals surface area contributed by atoms with E-state index in [1.807, 2.05) is 31.2 Å². The van der Waals surface area contributed by atoms with Crippen molar-refractivity contribution in [1.82, 2.24) is 0 Å². The Balaban J connectivity index is 1.76. The smallest absolute Gasteiger partial charge is 0.343 e. The minimum absolute atomic E-state index is 0.168. The molecule has 1 amide bonds. The lowest BCUT2D eigenvalue weighted by Gasteiger charge is -2.10. The molecule has 1 N–H and O–H groups in total. The number of ether oxygens (including phenoxy) is 2. The molecule has 0 aliphatic rings. The molecule has 1 aromatic heterocycles. The van der Waals surface area contributed by atoms with E-state index in [1.165, 1.54) is 18.4 Å². The van der Waals surface area contributed by atoms with Gasteiger partial charge in [-0.3, -0.25) is 4.79 Å². The number of amides is 1. The third-order valence-corrected chi connectivity index (χ3v) is 5.45. The van der Waals surface area contributed by atoms with Crippen LogP contribution < -0.4 is 10.1 Å². The number of carbonyl (C=O) groups is 2. The van der Waals surface area contributed by atoms with Crippen LogP contribution in [0.15, 0.2) is 42.5 Å². The Morgan fingerprint density at radius 2 is 1.96 bits per heavy atom. The fraction of sp³-hybridized carbons (Fsp3) is 0.158. The molecule has 1 heterocycles. The molecule has 0 fully saturated rings. The van der Waals surface area contributed by atoms with E-state index in [1.54, 1.807) is 18.2 Å². The molecule has 0 bridgehead atoms. The number of esters is 1. The summed E-state index contributed by atoms with van der Waals surface area (Å²) in [5.74, 6) is -0.201. The second-order valence-corrected chi connectivity index (χ2v) is 6.97. The van der Waals surface area contributed by atoms with E-state index in [4.69, 9.17) is 16.3 Å². The maximum Gasteiger partial charge on any atom is 0.343 e. The number of aryl methyl sites for hydroxylation is 1. The molecule has 0 radical (unpaired) electrons. The normalized spacial score (nSPS) is 10.6. The van der Waals surface area contributed by atoms with E-state index in [-0.39, 0.29) is 12.5 Å². The van der Waals surface area contributed by atoms with Crippen LogP contribution in [-0.4, -0.2) is 25.6 Å². The first kappa shape index (κ1) is 18.2. The van der Waals surface area contributed by atoms with Crippen LogP contribution in [0.1, 0.15) is 15.2 Å². The predicted molar refractivity (Wildman–Crippen MR) is 103 cm³/mol. The number of halogens is 1. The van der Waals surface area contributed by atoms with Crippen LogP contribution in [0, 0.1) is 6.92 Å². The van der Waals surface area contributed by atoms with Gasteiger partial charge in [-0.05, 0) is 36.8 Å². The maximum absolute atomic E-state index is 12.6. The van der Waals surface area contributed by atoms with Gasteiger partial charge >= 0.3 is 5.97 Å². The number of rotatable bonds is 5. The zero-order chi connectivity index (χ0) is 18.7. The Labute approximate surface area is 159 Å². The summed E-state index contributed by atoms with van der Waals surface area (Å²) in [6.45, 7) is 1.67. The van der Waals surface area contributed by atoms with Gasteiger partial charge in [-0.25, -0.2) is 4.79 Å². The van der Waals surface area contributed by atoms with Gasteiger partial charge in [0.25, 0.3) is 5.91 Å². The van der Waals surface area contributed by atoms with Crippen molar-refractivity contribution in [2.75, 3.05) is 19.0 Å². The summed E-state index contributed by atoms with van der Waals surface area (Å²) in [6.07, 6.45) is 0. The van der Waals surface area contributed by atoms with E-state index in [0.29, 0.717) is 21.3 Å². The number of fused-ring (bicyclic) bond motifs is 1. The topological polar surface area (TPSA) is 64.6 Å². The molecule has 0 spiro atoms. The maximum atomic E-state index is 12.6. The lowest BCUT2D eigenvalue weighted by atomic mass is 10.2. The lowest BCUT2D eigenvalue weighted by Crippen LogP contribution is -2.13. The third-order valence-electron chi connectivity index (χ3n) is 3.77. The summed E-state index contributed by atoms with van der Waals surface area (Å²) in [6, 6.07) is 12.8. The standard InChI is InChI=1S/C19H16ClNO4S/c1-11-9-12(25-10-16(22)24-2)7-8-14(11)21-19(23)18-17(20)13-5-3-4-6-15(13)26-18/h3-9H,10H2,1-2H3,(H,21,23). The number of anilines is 1. The summed E-state index contributed by atoms with van der Waals surface area (Å²) in [7, 11) is 1.30.